The molecule has 2 atom stereocenters. The Hall–Kier alpha value is -0.930. The fraction of sp³-hybridized carbons (Fsp3) is 0.600. The summed E-state index contributed by atoms with van der Waals surface area (Å²) in [6.07, 6.45) is 5.53. The number of benzene rings is 1. The zero-order valence-corrected chi connectivity index (χ0v) is 10.4. The van der Waals surface area contributed by atoms with E-state index in [9.17, 15) is 9.50 Å². The molecule has 1 N–H and O–H groups in total. The van der Waals surface area contributed by atoms with Crippen molar-refractivity contribution >= 4 is 0 Å². The van der Waals surface area contributed by atoms with Crippen molar-refractivity contribution in [2.24, 2.45) is 0 Å². The van der Waals surface area contributed by atoms with Gasteiger partial charge in [0.2, 0.25) is 0 Å². The zero-order valence-electron chi connectivity index (χ0n) is 10.4. The van der Waals surface area contributed by atoms with Crippen LogP contribution in [0, 0.1) is 5.82 Å². The molecule has 0 spiro atoms. The van der Waals surface area contributed by atoms with E-state index in [-0.39, 0.29) is 18.0 Å². The number of rotatable bonds is 3. The number of hydrogen-bond acceptors (Lipinski definition) is 2. The van der Waals surface area contributed by atoms with Crippen LogP contribution in [-0.2, 0) is 11.2 Å². The summed E-state index contributed by atoms with van der Waals surface area (Å²) in [5.41, 5.74) is 0.346. The molecule has 1 aromatic rings. The van der Waals surface area contributed by atoms with Crippen LogP contribution in [0.5, 0.6) is 0 Å². The van der Waals surface area contributed by atoms with E-state index in [2.05, 4.69) is 0 Å². The van der Waals surface area contributed by atoms with Crippen LogP contribution in [0.15, 0.2) is 24.3 Å². The highest BCUT2D eigenvalue weighted by Gasteiger charge is 2.43. The van der Waals surface area contributed by atoms with E-state index < -0.39 is 5.60 Å². The van der Waals surface area contributed by atoms with Crippen LogP contribution in [-0.4, -0.2) is 22.9 Å². The summed E-state index contributed by atoms with van der Waals surface area (Å²) in [7, 11) is 0. The molecule has 2 aliphatic heterocycles. The van der Waals surface area contributed by atoms with Crippen molar-refractivity contribution in [3.05, 3.63) is 35.6 Å². The summed E-state index contributed by atoms with van der Waals surface area (Å²) in [6.45, 7) is 0. The van der Waals surface area contributed by atoms with Gasteiger partial charge in [-0.3, -0.25) is 0 Å². The van der Waals surface area contributed by atoms with Gasteiger partial charge in [0.05, 0.1) is 17.8 Å². The Labute approximate surface area is 107 Å². The minimum Gasteiger partial charge on any atom is -0.390 e. The summed E-state index contributed by atoms with van der Waals surface area (Å²) in [6, 6.07) is 6.65. The minimum absolute atomic E-state index is 0.202. The molecule has 0 saturated carbocycles. The van der Waals surface area contributed by atoms with Crippen LogP contribution >= 0.6 is 0 Å². The van der Waals surface area contributed by atoms with Crippen LogP contribution in [0.4, 0.5) is 4.39 Å². The molecule has 3 rings (SSSR count). The van der Waals surface area contributed by atoms with Gasteiger partial charge in [-0.05, 0) is 43.4 Å². The first-order valence-electron chi connectivity index (χ1n) is 6.75. The predicted molar refractivity (Wildman–Crippen MR) is 66.8 cm³/mol. The highest BCUT2D eigenvalue weighted by atomic mass is 19.1. The van der Waals surface area contributed by atoms with E-state index in [4.69, 9.17) is 4.74 Å². The Morgan fingerprint density at radius 3 is 2.67 bits per heavy atom. The molecule has 1 aromatic carbocycles. The Bertz CT molecular complexity index is 420. The van der Waals surface area contributed by atoms with Gasteiger partial charge in [-0.1, -0.05) is 12.1 Å². The molecule has 2 aliphatic rings. The lowest BCUT2D eigenvalue weighted by Gasteiger charge is -2.36. The van der Waals surface area contributed by atoms with E-state index in [0.29, 0.717) is 6.42 Å². The molecule has 2 unspecified atom stereocenters. The second-order valence-corrected chi connectivity index (χ2v) is 5.72. The fourth-order valence-electron chi connectivity index (χ4n) is 3.28. The molecular formula is C15H19FO2. The van der Waals surface area contributed by atoms with Crippen molar-refractivity contribution in [2.45, 2.75) is 56.3 Å². The molecule has 3 heteroatoms. The summed E-state index contributed by atoms with van der Waals surface area (Å²) < 4.78 is 18.8. The topological polar surface area (TPSA) is 29.5 Å². The van der Waals surface area contributed by atoms with Crippen molar-refractivity contribution in [1.82, 2.24) is 0 Å². The largest absolute Gasteiger partial charge is 0.390 e. The Balaban J connectivity index is 1.62. The normalized spacial score (nSPS) is 34.8. The van der Waals surface area contributed by atoms with Gasteiger partial charge in [0.1, 0.15) is 5.82 Å². The lowest BCUT2D eigenvalue weighted by Crippen LogP contribution is -2.41. The average Bonchev–Trinajstić information content (AvgIpc) is 2.67. The standard InChI is InChI=1S/C15H19FO2/c16-12-3-1-2-11(8-12)6-7-15(17)9-13-4-5-14(10-15)18-13/h1-3,8,13-14,17H,4-7,9-10H2. The van der Waals surface area contributed by atoms with Gasteiger partial charge in [-0.25, -0.2) is 4.39 Å². The SMILES string of the molecule is OC1(CCc2cccc(F)c2)CC2CCC(C1)O2. The van der Waals surface area contributed by atoms with Gasteiger partial charge < -0.3 is 9.84 Å². The maximum atomic E-state index is 13.1. The van der Waals surface area contributed by atoms with Gasteiger partial charge >= 0.3 is 0 Å². The Morgan fingerprint density at radius 2 is 2.00 bits per heavy atom. The monoisotopic (exact) mass is 250 g/mol. The first kappa shape index (κ1) is 12.1. The van der Waals surface area contributed by atoms with Gasteiger partial charge in [0.25, 0.3) is 0 Å². The van der Waals surface area contributed by atoms with Crippen LogP contribution in [0.1, 0.15) is 37.7 Å². The molecular weight excluding hydrogens is 231 g/mol. The molecule has 2 nitrogen and oxygen atoms in total. The van der Waals surface area contributed by atoms with Crippen molar-refractivity contribution in [1.29, 1.82) is 0 Å². The Morgan fingerprint density at radius 1 is 1.28 bits per heavy atom. The quantitative estimate of drug-likeness (QED) is 0.894. The first-order chi connectivity index (χ1) is 8.63. The van der Waals surface area contributed by atoms with E-state index in [1.807, 2.05) is 6.07 Å². The van der Waals surface area contributed by atoms with Crippen LogP contribution < -0.4 is 0 Å². The van der Waals surface area contributed by atoms with Crippen LogP contribution in [0.3, 0.4) is 0 Å². The molecule has 0 aromatic heterocycles. The molecule has 2 saturated heterocycles. The number of hydrogen-bond donors (Lipinski definition) is 1. The molecule has 2 fully saturated rings. The van der Waals surface area contributed by atoms with Crippen LogP contribution in [0.25, 0.3) is 0 Å². The smallest absolute Gasteiger partial charge is 0.123 e. The summed E-state index contributed by atoms with van der Waals surface area (Å²) in [4.78, 5) is 0. The lowest BCUT2D eigenvalue weighted by atomic mass is 9.85. The third-order valence-electron chi connectivity index (χ3n) is 4.18. The molecule has 0 radical (unpaired) electrons. The highest BCUT2D eigenvalue weighted by molar-refractivity contribution is 5.17. The number of aliphatic hydroxyl groups is 1. The molecule has 2 bridgehead atoms. The molecule has 0 amide bonds. The van der Waals surface area contributed by atoms with E-state index in [1.165, 1.54) is 6.07 Å². The van der Waals surface area contributed by atoms with Crippen molar-refractivity contribution in [3.63, 3.8) is 0 Å². The molecule has 0 aliphatic carbocycles. The second kappa shape index (κ2) is 4.63. The zero-order chi connectivity index (χ0) is 12.6. The first-order valence-corrected chi connectivity index (χ1v) is 6.75. The summed E-state index contributed by atoms with van der Waals surface area (Å²) in [5, 5.41) is 10.6. The minimum atomic E-state index is -0.615. The summed E-state index contributed by atoms with van der Waals surface area (Å²) in [5.74, 6) is -0.202. The van der Waals surface area contributed by atoms with Crippen molar-refractivity contribution in [3.8, 4) is 0 Å². The van der Waals surface area contributed by atoms with E-state index >= 15 is 0 Å². The number of halogens is 1. The number of ether oxygens (including phenoxy) is 1. The molecule has 18 heavy (non-hydrogen) atoms. The Kier molecular flexibility index (Phi) is 3.12. The van der Waals surface area contributed by atoms with E-state index in [1.54, 1.807) is 12.1 Å². The van der Waals surface area contributed by atoms with Crippen molar-refractivity contribution < 1.29 is 14.2 Å². The maximum Gasteiger partial charge on any atom is 0.123 e. The van der Waals surface area contributed by atoms with E-state index in [0.717, 1.165) is 37.7 Å². The summed E-state index contributed by atoms with van der Waals surface area (Å²) >= 11 is 0. The number of fused-ring (bicyclic) bond motifs is 2. The highest BCUT2D eigenvalue weighted by Crippen LogP contribution is 2.40. The van der Waals surface area contributed by atoms with Gasteiger partial charge in [0, 0.05) is 12.8 Å². The lowest BCUT2D eigenvalue weighted by molar-refractivity contribution is -0.114. The van der Waals surface area contributed by atoms with Gasteiger partial charge in [-0.15, -0.1) is 0 Å². The third-order valence-corrected chi connectivity index (χ3v) is 4.18. The average molecular weight is 250 g/mol. The van der Waals surface area contributed by atoms with Gasteiger partial charge in [-0.2, -0.15) is 0 Å². The molecule has 98 valence electrons. The third kappa shape index (κ3) is 2.57. The van der Waals surface area contributed by atoms with Crippen LogP contribution in [0.2, 0.25) is 0 Å². The predicted octanol–water partition coefficient (Wildman–Crippen LogP) is 2.83. The fourth-order valence-corrected chi connectivity index (χ4v) is 3.28. The van der Waals surface area contributed by atoms with Gasteiger partial charge in [0.15, 0.2) is 0 Å². The second-order valence-electron chi connectivity index (χ2n) is 5.72. The number of aryl methyl sites for hydroxylation is 1. The van der Waals surface area contributed by atoms with Crippen molar-refractivity contribution in [2.75, 3.05) is 0 Å². The molecule has 2 heterocycles. The maximum absolute atomic E-state index is 13.1.